The average Bonchev–Trinajstić information content (AvgIpc) is 2.62. The van der Waals surface area contributed by atoms with Gasteiger partial charge in [0.05, 0.1) is 13.2 Å². The van der Waals surface area contributed by atoms with Crippen LogP contribution >= 0.6 is 24.0 Å². The van der Waals surface area contributed by atoms with Crippen LogP contribution in [0.5, 0.6) is 17.4 Å². The lowest BCUT2D eigenvalue weighted by Crippen LogP contribution is -2.32. The molecule has 2 aromatic rings. The first-order valence-corrected chi connectivity index (χ1v) is 8.60. The normalized spacial score (nSPS) is 10.8. The van der Waals surface area contributed by atoms with E-state index < -0.39 is 0 Å². The molecule has 0 aliphatic heterocycles. The summed E-state index contributed by atoms with van der Waals surface area (Å²) in [4.78, 5) is 8.56. The molecule has 2 rings (SSSR count). The molecule has 0 unspecified atom stereocenters. The Balaban J connectivity index is 0.00000338. The highest BCUT2D eigenvalue weighted by atomic mass is 127. The molecule has 3 N–H and O–H groups in total. The molecule has 0 fully saturated rings. The maximum Gasteiger partial charge on any atom is 0.219 e. The van der Waals surface area contributed by atoms with Gasteiger partial charge in [-0.15, -0.1) is 24.0 Å². The summed E-state index contributed by atoms with van der Waals surface area (Å²) in [5.41, 5.74) is 6.83. The summed E-state index contributed by atoms with van der Waals surface area (Å²) >= 11 is 0. The first kappa shape index (κ1) is 22.0. The van der Waals surface area contributed by atoms with Crippen molar-refractivity contribution in [2.24, 2.45) is 10.7 Å². The van der Waals surface area contributed by atoms with Crippen molar-refractivity contribution >= 4 is 29.9 Å². The van der Waals surface area contributed by atoms with Crippen LogP contribution in [0.15, 0.2) is 47.6 Å². The van der Waals surface area contributed by atoms with E-state index >= 15 is 0 Å². The highest BCUT2D eigenvalue weighted by Gasteiger charge is 2.02. The largest absolute Gasteiger partial charge is 0.494 e. The fourth-order valence-corrected chi connectivity index (χ4v) is 2.12. The SMILES string of the molecule is CCCCNC(N)=NCc1ccnc(Oc2ccc(OCC)cc2)c1.I. The molecule has 0 radical (unpaired) electrons. The Labute approximate surface area is 172 Å². The van der Waals surface area contributed by atoms with Crippen molar-refractivity contribution in [3.8, 4) is 17.4 Å². The van der Waals surface area contributed by atoms with Crippen LogP contribution < -0.4 is 20.5 Å². The van der Waals surface area contributed by atoms with Crippen LogP contribution in [0.25, 0.3) is 0 Å². The van der Waals surface area contributed by atoms with Crippen molar-refractivity contribution in [2.45, 2.75) is 33.2 Å². The molecule has 1 aromatic heterocycles. The van der Waals surface area contributed by atoms with E-state index in [9.17, 15) is 0 Å². The van der Waals surface area contributed by atoms with Crippen molar-refractivity contribution in [3.05, 3.63) is 48.2 Å². The monoisotopic (exact) mass is 470 g/mol. The number of halogens is 1. The number of aliphatic imine (C=N–C) groups is 1. The van der Waals surface area contributed by atoms with E-state index in [1.165, 1.54) is 0 Å². The van der Waals surface area contributed by atoms with E-state index in [1.54, 1.807) is 6.20 Å². The Hall–Kier alpha value is -2.03. The number of pyridine rings is 1. The topological polar surface area (TPSA) is 81.8 Å². The lowest BCUT2D eigenvalue weighted by atomic mass is 10.2. The van der Waals surface area contributed by atoms with E-state index in [4.69, 9.17) is 15.2 Å². The number of guanidine groups is 1. The van der Waals surface area contributed by atoms with Gasteiger partial charge in [0.25, 0.3) is 0 Å². The molecule has 0 bridgehead atoms. The number of benzene rings is 1. The van der Waals surface area contributed by atoms with E-state index in [0.717, 1.165) is 30.7 Å². The van der Waals surface area contributed by atoms with Gasteiger partial charge in [0.1, 0.15) is 11.5 Å². The molecular weight excluding hydrogens is 443 g/mol. The van der Waals surface area contributed by atoms with Crippen LogP contribution in [0.2, 0.25) is 0 Å². The van der Waals surface area contributed by atoms with Crippen LogP contribution in [-0.2, 0) is 6.54 Å². The summed E-state index contributed by atoms with van der Waals surface area (Å²) in [7, 11) is 0. The summed E-state index contributed by atoms with van der Waals surface area (Å²) in [6.07, 6.45) is 3.90. The van der Waals surface area contributed by atoms with Gasteiger partial charge in [-0.3, -0.25) is 0 Å². The summed E-state index contributed by atoms with van der Waals surface area (Å²) < 4.78 is 11.2. The minimum atomic E-state index is 0. The molecule has 0 spiro atoms. The number of aromatic nitrogens is 1. The number of hydrogen-bond donors (Lipinski definition) is 2. The lowest BCUT2D eigenvalue weighted by Gasteiger charge is -2.08. The molecule has 7 heteroatoms. The van der Waals surface area contributed by atoms with Crippen molar-refractivity contribution in [3.63, 3.8) is 0 Å². The van der Waals surface area contributed by atoms with E-state index in [2.05, 4.69) is 22.2 Å². The Morgan fingerprint density at radius 2 is 1.88 bits per heavy atom. The van der Waals surface area contributed by atoms with Crippen molar-refractivity contribution in [1.82, 2.24) is 10.3 Å². The van der Waals surface area contributed by atoms with E-state index in [-0.39, 0.29) is 24.0 Å². The molecule has 0 aliphatic rings. The molecule has 0 aliphatic carbocycles. The molecule has 142 valence electrons. The van der Waals surface area contributed by atoms with Crippen molar-refractivity contribution in [1.29, 1.82) is 0 Å². The van der Waals surface area contributed by atoms with Crippen molar-refractivity contribution in [2.75, 3.05) is 13.2 Å². The predicted octanol–water partition coefficient (Wildman–Crippen LogP) is 4.10. The first-order chi connectivity index (χ1) is 12.2. The zero-order valence-corrected chi connectivity index (χ0v) is 17.6. The van der Waals surface area contributed by atoms with Crippen molar-refractivity contribution < 1.29 is 9.47 Å². The van der Waals surface area contributed by atoms with Gasteiger partial charge in [-0.25, -0.2) is 9.98 Å². The Morgan fingerprint density at radius 1 is 1.15 bits per heavy atom. The van der Waals surface area contributed by atoms with Gasteiger partial charge < -0.3 is 20.5 Å². The molecule has 0 atom stereocenters. The van der Waals surface area contributed by atoms with E-state index in [0.29, 0.717) is 30.7 Å². The smallest absolute Gasteiger partial charge is 0.219 e. The highest BCUT2D eigenvalue weighted by Crippen LogP contribution is 2.23. The van der Waals surface area contributed by atoms with Gasteiger partial charge >= 0.3 is 0 Å². The molecule has 6 nitrogen and oxygen atoms in total. The molecule has 1 aromatic carbocycles. The first-order valence-electron chi connectivity index (χ1n) is 8.60. The zero-order chi connectivity index (χ0) is 17.9. The molecule has 1 heterocycles. The third-order valence-electron chi connectivity index (χ3n) is 3.42. The summed E-state index contributed by atoms with van der Waals surface area (Å²) in [5.74, 6) is 2.50. The zero-order valence-electron chi connectivity index (χ0n) is 15.3. The van der Waals surface area contributed by atoms with Crippen LogP contribution in [0.3, 0.4) is 0 Å². The van der Waals surface area contributed by atoms with Gasteiger partial charge in [-0.2, -0.15) is 0 Å². The second-order valence-corrected chi connectivity index (χ2v) is 5.49. The summed E-state index contributed by atoms with van der Waals surface area (Å²) in [6, 6.07) is 11.2. The van der Waals surface area contributed by atoms with Crippen LogP contribution in [-0.4, -0.2) is 24.1 Å². The predicted molar refractivity (Wildman–Crippen MR) is 116 cm³/mol. The van der Waals surface area contributed by atoms with Gasteiger partial charge in [-0.1, -0.05) is 13.3 Å². The Morgan fingerprint density at radius 3 is 2.58 bits per heavy atom. The lowest BCUT2D eigenvalue weighted by molar-refractivity contribution is 0.339. The minimum Gasteiger partial charge on any atom is -0.494 e. The highest BCUT2D eigenvalue weighted by molar-refractivity contribution is 14.0. The summed E-state index contributed by atoms with van der Waals surface area (Å²) in [6.45, 7) is 6.05. The molecule has 0 amide bonds. The number of nitrogens with one attached hydrogen (secondary N) is 1. The minimum absolute atomic E-state index is 0. The van der Waals surface area contributed by atoms with Gasteiger partial charge in [0, 0.05) is 18.8 Å². The molecule has 0 saturated carbocycles. The van der Waals surface area contributed by atoms with Gasteiger partial charge in [-0.05, 0) is 49.2 Å². The number of nitrogens with zero attached hydrogens (tertiary/aromatic N) is 2. The van der Waals surface area contributed by atoms with Crippen LogP contribution in [0.4, 0.5) is 0 Å². The maximum absolute atomic E-state index is 5.84. The number of unbranched alkanes of at least 4 members (excludes halogenated alkanes) is 1. The summed E-state index contributed by atoms with van der Waals surface area (Å²) in [5, 5.41) is 3.09. The molecule has 26 heavy (non-hydrogen) atoms. The van der Waals surface area contributed by atoms with Gasteiger partial charge in [0.15, 0.2) is 5.96 Å². The Kier molecular flexibility index (Phi) is 10.5. The van der Waals surface area contributed by atoms with Crippen LogP contribution in [0.1, 0.15) is 32.3 Å². The fourth-order valence-electron chi connectivity index (χ4n) is 2.12. The van der Waals surface area contributed by atoms with Gasteiger partial charge in [0.2, 0.25) is 5.88 Å². The third-order valence-corrected chi connectivity index (χ3v) is 3.42. The number of hydrogen-bond acceptors (Lipinski definition) is 4. The van der Waals surface area contributed by atoms with Crippen LogP contribution in [0, 0.1) is 0 Å². The number of rotatable bonds is 9. The molecule has 0 saturated heterocycles. The second kappa shape index (κ2) is 12.3. The number of nitrogens with two attached hydrogens (primary N) is 1. The third kappa shape index (κ3) is 7.90. The Bertz CT molecular complexity index is 677. The average molecular weight is 470 g/mol. The number of ether oxygens (including phenoxy) is 2. The van der Waals surface area contributed by atoms with E-state index in [1.807, 2.05) is 43.3 Å². The maximum atomic E-state index is 5.84. The fraction of sp³-hybridized carbons (Fsp3) is 0.368. The second-order valence-electron chi connectivity index (χ2n) is 5.49. The molecular formula is C19H27IN4O2. The quantitative estimate of drug-likeness (QED) is 0.250. The standard InChI is InChI=1S/C19H26N4O2.HI/c1-3-5-11-22-19(20)23-14-15-10-12-21-18(13-15)25-17-8-6-16(7-9-17)24-4-2;/h6-10,12-13H,3-5,11,14H2,1-2H3,(H3,20,22,23);1H.